The molecular weight excluding hydrogens is 266 g/mol. The fourth-order valence-electron chi connectivity index (χ4n) is 5.09. The maximum atomic E-state index is 12.5. The van der Waals surface area contributed by atoms with E-state index >= 15 is 0 Å². The Morgan fingerprint density at radius 1 is 1.05 bits per heavy atom. The first-order valence-corrected chi connectivity index (χ1v) is 8.59. The maximum absolute atomic E-state index is 12.5. The molecule has 0 aliphatic heterocycles. The molecular formula is C17H27NO3. The Morgan fingerprint density at radius 2 is 1.76 bits per heavy atom. The van der Waals surface area contributed by atoms with E-state index in [1.165, 1.54) is 25.7 Å². The largest absolute Gasteiger partial charge is 0.481 e. The molecule has 118 valence electrons. The molecule has 0 saturated heterocycles. The van der Waals surface area contributed by atoms with Crippen LogP contribution in [0.1, 0.15) is 58.3 Å². The first kappa shape index (κ1) is 14.9. The van der Waals surface area contributed by atoms with Gasteiger partial charge in [-0.05, 0) is 56.8 Å². The summed E-state index contributed by atoms with van der Waals surface area (Å²) >= 11 is 0. The molecule has 2 N–H and O–H groups in total. The predicted molar refractivity (Wildman–Crippen MR) is 79.6 cm³/mol. The smallest absolute Gasteiger partial charge is 0.307 e. The quantitative estimate of drug-likeness (QED) is 0.837. The molecule has 0 aromatic carbocycles. The van der Waals surface area contributed by atoms with Crippen LogP contribution in [0.5, 0.6) is 0 Å². The Morgan fingerprint density at radius 3 is 2.33 bits per heavy atom. The highest BCUT2D eigenvalue weighted by atomic mass is 16.4. The molecule has 3 fully saturated rings. The molecule has 3 aliphatic carbocycles. The Bertz CT molecular complexity index is 422. The van der Waals surface area contributed by atoms with Crippen molar-refractivity contribution in [2.24, 2.45) is 29.6 Å². The second kappa shape index (κ2) is 5.98. The molecule has 0 spiro atoms. The Balaban J connectivity index is 1.58. The summed E-state index contributed by atoms with van der Waals surface area (Å²) in [6.07, 6.45) is 8.56. The van der Waals surface area contributed by atoms with Crippen molar-refractivity contribution in [3.05, 3.63) is 0 Å². The standard InChI is InChI=1S/C17H27NO3/c1-10(15-9-11-6-7-12(15)8-11)18-16(19)13-4-2-3-5-14(13)17(20)21/h10-15H,2-9H2,1H3,(H,18,19)(H,20,21)/t10?,11?,12?,13-,14+,15?/m1/s1. The number of hydrogen-bond donors (Lipinski definition) is 2. The van der Waals surface area contributed by atoms with Crippen LogP contribution in [-0.4, -0.2) is 23.0 Å². The number of fused-ring (bicyclic) bond motifs is 2. The van der Waals surface area contributed by atoms with Gasteiger partial charge in [0.25, 0.3) is 0 Å². The number of carboxylic acids is 1. The average molecular weight is 293 g/mol. The summed E-state index contributed by atoms with van der Waals surface area (Å²) in [5.74, 6) is 0.648. The third-order valence-corrected chi connectivity index (χ3v) is 6.22. The maximum Gasteiger partial charge on any atom is 0.307 e. The zero-order chi connectivity index (χ0) is 15.0. The van der Waals surface area contributed by atoms with E-state index in [1.54, 1.807) is 0 Å². The van der Waals surface area contributed by atoms with Gasteiger partial charge in [0, 0.05) is 6.04 Å². The number of carboxylic acid groups (broad SMARTS) is 1. The van der Waals surface area contributed by atoms with Crippen LogP contribution in [0.15, 0.2) is 0 Å². The van der Waals surface area contributed by atoms with Gasteiger partial charge in [-0.2, -0.15) is 0 Å². The molecule has 0 heterocycles. The normalized spacial score (nSPS) is 40.0. The summed E-state index contributed by atoms with van der Waals surface area (Å²) in [6, 6.07) is 0.198. The van der Waals surface area contributed by atoms with Gasteiger partial charge in [0.2, 0.25) is 5.91 Å². The molecule has 21 heavy (non-hydrogen) atoms. The number of carbonyl (C=O) groups excluding carboxylic acids is 1. The molecule has 1 amide bonds. The highest BCUT2D eigenvalue weighted by Gasteiger charge is 2.43. The average Bonchev–Trinajstić information content (AvgIpc) is 3.09. The van der Waals surface area contributed by atoms with Crippen LogP contribution in [0, 0.1) is 29.6 Å². The fourth-order valence-corrected chi connectivity index (χ4v) is 5.09. The summed E-state index contributed by atoms with van der Waals surface area (Å²) in [5.41, 5.74) is 0. The lowest BCUT2D eigenvalue weighted by molar-refractivity contribution is -0.149. The van der Waals surface area contributed by atoms with Crippen molar-refractivity contribution in [2.75, 3.05) is 0 Å². The first-order chi connectivity index (χ1) is 10.1. The van der Waals surface area contributed by atoms with Crippen LogP contribution in [0.3, 0.4) is 0 Å². The van der Waals surface area contributed by atoms with Gasteiger partial charge in [-0.15, -0.1) is 0 Å². The highest BCUT2D eigenvalue weighted by Crippen LogP contribution is 2.49. The van der Waals surface area contributed by atoms with Crippen molar-refractivity contribution >= 4 is 11.9 Å². The van der Waals surface area contributed by atoms with Gasteiger partial charge in [0.15, 0.2) is 0 Å². The van der Waals surface area contributed by atoms with Crippen LogP contribution in [0.25, 0.3) is 0 Å². The molecule has 4 nitrogen and oxygen atoms in total. The van der Waals surface area contributed by atoms with Gasteiger partial charge in [-0.3, -0.25) is 9.59 Å². The van der Waals surface area contributed by atoms with Gasteiger partial charge in [0.05, 0.1) is 11.8 Å². The summed E-state index contributed by atoms with van der Waals surface area (Å²) in [7, 11) is 0. The SMILES string of the molecule is CC(NC(=O)[C@@H]1CCCC[C@@H]1C(=O)O)C1CC2CCC1C2. The Labute approximate surface area is 126 Å². The number of carbonyl (C=O) groups is 2. The lowest BCUT2D eigenvalue weighted by atomic mass is 9.78. The number of nitrogens with one attached hydrogen (secondary N) is 1. The minimum absolute atomic E-state index is 0.0163. The van der Waals surface area contributed by atoms with Crippen LogP contribution in [0.2, 0.25) is 0 Å². The summed E-state index contributed by atoms with van der Waals surface area (Å²) < 4.78 is 0. The van der Waals surface area contributed by atoms with Gasteiger partial charge < -0.3 is 10.4 Å². The molecule has 3 rings (SSSR count). The first-order valence-electron chi connectivity index (χ1n) is 8.59. The van der Waals surface area contributed by atoms with Crippen LogP contribution in [-0.2, 0) is 9.59 Å². The third kappa shape index (κ3) is 2.95. The van der Waals surface area contributed by atoms with Gasteiger partial charge >= 0.3 is 5.97 Å². The molecule has 4 heteroatoms. The summed E-state index contributed by atoms with van der Waals surface area (Å²) in [5, 5.41) is 12.5. The molecule has 3 aliphatic rings. The molecule has 0 aromatic heterocycles. The lowest BCUT2D eigenvalue weighted by Crippen LogP contribution is -2.46. The van der Waals surface area contributed by atoms with E-state index < -0.39 is 11.9 Å². The highest BCUT2D eigenvalue weighted by molar-refractivity contribution is 5.85. The van der Waals surface area contributed by atoms with Crippen LogP contribution >= 0.6 is 0 Å². The minimum Gasteiger partial charge on any atom is -0.481 e. The summed E-state index contributed by atoms with van der Waals surface area (Å²) in [6.45, 7) is 2.11. The number of amides is 1. The van der Waals surface area contributed by atoms with E-state index in [1.807, 2.05) is 0 Å². The van der Waals surface area contributed by atoms with Crippen LogP contribution < -0.4 is 5.32 Å². The van der Waals surface area contributed by atoms with Crippen molar-refractivity contribution in [3.8, 4) is 0 Å². The molecule has 0 aromatic rings. The molecule has 2 bridgehead atoms. The zero-order valence-corrected chi connectivity index (χ0v) is 12.9. The molecule has 0 radical (unpaired) electrons. The van der Waals surface area contributed by atoms with E-state index in [9.17, 15) is 14.7 Å². The zero-order valence-electron chi connectivity index (χ0n) is 12.9. The molecule has 3 saturated carbocycles. The van der Waals surface area contributed by atoms with Gasteiger partial charge in [-0.1, -0.05) is 19.3 Å². The van der Waals surface area contributed by atoms with E-state index in [2.05, 4.69) is 12.2 Å². The van der Waals surface area contributed by atoms with Crippen molar-refractivity contribution in [2.45, 2.75) is 64.3 Å². The van der Waals surface area contributed by atoms with Gasteiger partial charge in [0.1, 0.15) is 0 Å². The number of aliphatic carboxylic acids is 1. The van der Waals surface area contributed by atoms with E-state index in [4.69, 9.17) is 0 Å². The minimum atomic E-state index is -0.803. The molecule has 4 unspecified atom stereocenters. The third-order valence-electron chi connectivity index (χ3n) is 6.22. The second-order valence-electron chi connectivity index (χ2n) is 7.47. The summed E-state index contributed by atoms with van der Waals surface area (Å²) in [4.78, 5) is 23.8. The monoisotopic (exact) mass is 293 g/mol. The van der Waals surface area contributed by atoms with E-state index in [0.29, 0.717) is 12.3 Å². The topological polar surface area (TPSA) is 66.4 Å². The van der Waals surface area contributed by atoms with Crippen LogP contribution in [0.4, 0.5) is 0 Å². The predicted octanol–water partition coefficient (Wildman–Crippen LogP) is 2.82. The molecule has 6 atom stereocenters. The Kier molecular flexibility index (Phi) is 4.23. The van der Waals surface area contributed by atoms with Crippen molar-refractivity contribution in [1.29, 1.82) is 0 Å². The van der Waals surface area contributed by atoms with Crippen molar-refractivity contribution < 1.29 is 14.7 Å². The lowest BCUT2D eigenvalue weighted by Gasteiger charge is -2.32. The number of hydrogen-bond acceptors (Lipinski definition) is 2. The fraction of sp³-hybridized carbons (Fsp3) is 0.882. The van der Waals surface area contributed by atoms with E-state index in [-0.39, 0.29) is 17.9 Å². The van der Waals surface area contributed by atoms with Gasteiger partial charge in [-0.25, -0.2) is 0 Å². The Hall–Kier alpha value is -1.06. The second-order valence-corrected chi connectivity index (χ2v) is 7.47. The van der Waals surface area contributed by atoms with Crippen molar-refractivity contribution in [3.63, 3.8) is 0 Å². The number of rotatable bonds is 4. The van der Waals surface area contributed by atoms with Crippen molar-refractivity contribution in [1.82, 2.24) is 5.32 Å². The van der Waals surface area contributed by atoms with E-state index in [0.717, 1.165) is 31.1 Å².